The van der Waals surface area contributed by atoms with Crippen LogP contribution in [0.4, 0.5) is 0 Å². The largest absolute Gasteiger partial charge is 0.308 e. The van der Waals surface area contributed by atoms with Gasteiger partial charge in [0.25, 0.3) is 10.1 Å². The highest BCUT2D eigenvalue weighted by molar-refractivity contribution is 7.86. The minimum atomic E-state index is -3.76. The number of nitrogens with one attached hydrogen (secondary N) is 1. The number of hydrogen-bond acceptors (Lipinski definition) is 4. The maximum atomic E-state index is 12.5. The molecule has 1 heterocycles. The first-order chi connectivity index (χ1) is 11.1. The molecule has 23 heavy (non-hydrogen) atoms. The summed E-state index contributed by atoms with van der Waals surface area (Å²) in [5, 5.41) is 3.38. The molecule has 0 aromatic heterocycles. The van der Waals surface area contributed by atoms with Crippen LogP contribution in [-0.2, 0) is 14.3 Å². The van der Waals surface area contributed by atoms with Crippen LogP contribution in [-0.4, -0.2) is 21.1 Å². The number of hydrogen-bond donors (Lipinski definition) is 1. The third-order valence-electron chi connectivity index (χ3n) is 4.12. The highest BCUT2D eigenvalue weighted by atomic mass is 32.2. The van der Waals surface area contributed by atoms with Crippen molar-refractivity contribution in [3.8, 4) is 0 Å². The van der Waals surface area contributed by atoms with E-state index in [1.54, 1.807) is 24.3 Å². The zero-order valence-corrected chi connectivity index (χ0v) is 13.9. The Morgan fingerprint density at radius 2 is 1.74 bits per heavy atom. The van der Waals surface area contributed by atoms with Crippen molar-refractivity contribution < 1.29 is 12.6 Å². The molecule has 1 fully saturated rings. The fraction of sp³-hybridized carbons (Fsp3) is 0.333. The van der Waals surface area contributed by atoms with Crippen molar-refractivity contribution in [2.24, 2.45) is 0 Å². The topological polar surface area (TPSA) is 55.4 Å². The van der Waals surface area contributed by atoms with Crippen LogP contribution in [0, 0.1) is 6.92 Å². The quantitative estimate of drug-likeness (QED) is 0.874. The van der Waals surface area contributed by atoms with E-state index in [-0.39, 0.29) is 10.9 Å². The monoisotopic (exact) mass is 331 g/mol. The summed E-state index contributed by atoms with van der Waals surface area (Å²) in [6.45, 7) is 2.79. The van der Waals surface area contributed by atoms with Crippen LogP contribution in [0.2, 0.25) is 0 Å². The molecule has 2 atom stereocenters. The Bertz CT molecular complexity index is 742. The Morgan fingerprint density at radius 3 is 2.43 bits per heavy atom. The van der Waals surface area contributed by atoms with Gasteiger partial charge < -0.3 is 5.32 Å². The van der Waals surface area contributed by atoms with E-state index < -0.39 is 16.2 Å². The van der Waals surface area contributed by atoms with Crippen LogP contribution in [0.5, 0.6) is 0 Å². The van der Waals surface area contributed by atoms with Gasteiger partial charge in [-0.1, -0.05) is 48.0 Å². The molecule has 2 unspecified atom stereocenters. The Hall–Kier alpha value is -1.69. The van der Waals surface area contributed by atoms with E-state index in [0.29, 0.717) is 0 Å². The van der Waals surface area contributed by atoms with Gasteiger partial charge >= 0.3 is 0 Å². The average molecular weight is 331 g/mol. The lowest BCUT2D eigenvalue weighted by Crippen LogP contribution is -2.40. The molecule has 1 N–H and O–H groups in total. The standard InChI is InChI=1S/C18H21NO3S/c1-14-9-11-16(12-10-14)23(20,21)22-17-8-5-13-19-18(17)15-6-3-2-4-7-15/h2-4,6-7,9-12,17-19H,5,8,13H2,1H3. The molecule has 1 aliphatic heterocycles. The van der Waals surface area contributed by atoms with Crippen LogP contribution >= 0.6 is 0 Å². The molecule has 0 aliphatic carbocycles. The molecule has 0 bridgehead atoms. The molecule has 1 aliphatic rings. The molecule has 0 spiro atoms. The smallest absolute Gasteiger partial charge is 0.297 e. The minimum absolute atomic E-state index is 0.106. The second-order valence-corrected chi connectivity index (χ2v) is 7.46. The van der Waals surface area contributed by atoms with Crippen molar-refractivity contribution in [3.05, 3.63) is 65.7 Å². The van der Waals surface area contributed by atoms with Crippen molar-refractivity contribution in [2.75, 3.05) is 6.54 Å². The second-order valence-electron chi connectivity index (χ2n) is 5.89. The van der Waals surface area contributed by atoms with E-state index in [1.165, 1.54) is 0 Å². The Balaban J connectivity index is 1.83. The maximum absolute atomic E-state index is 12.5. The van der Waals surface area contributed by atoms with E-state index in [2.05, 4.69) is 5.32 Å². The summed E-state index contributed by atoms with van der Waals surface area (Å²) in [5.41, 5.74) is 2.07. The maximum Gasteiger partial charge on any atom is 0.297 e. The van der Waals surface area contributed by atoms with Crippen LogP contribution in [0.1, 0.15) is 30.0 Å². The number of piperidine rings is 1. The highest BCUT2D eigenvalue weighted by Crippen LogP contribution is 2.29. The van der Waals surface area contributed by atoms with Gasteiger partial charge in [0, 0.05) is 0 Å². The summed E-state index contributed by atoms with van der Waals surface area (Å²) in [4.78, 5) is 0.209. The van der Waals surface area contributed by atoms with Crippen molar-refractivity contribution in [1.82, 2.24) is 5.32 Å². The molecule has 122 valence electrons. The van der Waals surface area contributed by atoms with Gasteiger partial charge in [0.05, 0.1) is 17.0 Å². The highest BCUT2D eigenvalue weighted by Gasteiger charge is 2.31. The lowest BCUT2D eigenvalue weighted by Gasteiger charge is -2.32. The third kappa shape index (κ3) is 3.80. The summed E-state index contributed by atoms with van der Waals surface area (Å²) in [7, 11) is -3.76. The predicted molar refractivity (Wildman–Crippen MR) is 89.7 cm³/mol. The van der Waals surface area contributed by atoms with Gasteiger partial charge in [-0.25, -0.2) is 0 Å². The molecular weight excluding hydrogens is 310 g/mol. The van der Waals surface area contributed by atoms with Gasteiger partial charge in [-0.3, -0.25) is 4.18 Å². The van der Waals surface area contributed by atoms with Crippen molar-refractivity contribution in [1.29, 1.82) is 0 Å². The predicted octanol–water partition coefficient (Wildman–Crippen LogP) is 3.19. The molecule has 1 saturated heterocycles. The van der Waals surface area contributed by atoms with Gasteiger partial charge in [-0.15, -0.1) is 0 Å². The molecule has 0 amide bonds. The summed E-state index contributed by atoms with van der Waals surface area (Å²) in [6, 6.07) is 16.5. The second kappa shape index (κ2) is 6.83. The molecule has 2 aromatic carbocycles. The molecule has 4 nitrogen and oxygen atoms in total. The van der Waals surface area contributed by atoms with Gasteiger partial charge in [0.2, 0.25) is 0 Å². The zero-order valence-electron chi connectivity index (χ0n) is 13.1. The number of aryl methyl sites for hydroxylation is 1. The summed E-state index contributed by atoms with van der Waals surface area (Å²) >= 11 is 0. The Kier molecular flexibility index (Phi) is 4.80. The van der Waals surface area contributed by atoms with E-state index in [9.17, 15) is 8.42 Å². The molecule has 5 heteroatoms. The van der Waals surface area contributed by atoms with Crippen LogP contribution in [0.15, 0.2) is 59.5 Å². The third-order valence-corrected chi connectivity index (χ3v) is 5.47. The van der Waals surface area contributed by atoms with Crippen molar-refractivity contribution >= 4 is 10.1 Å². The van der Waals surface area contributed by atoms with E-state index in [0.717, 1.165) is 30.5 Å². The fourth-order valence-corrected chi connectivity index (χ4v) is 3.99. The van der Waals surface area contributed by atoms with Crippen LogP contribution in [0.3, 0.4) is 0 Å². The first kappa shape index (κ1) is 16.2. The minimum Gasteiger partial charge on any atom is -0.308 e. The lowest BCUT2D eigenvalue weighted by atomic mass is 9.95. The average Bonchev–Trinajstić information content (AvgIpc) is 2.56. The normalized spacial score (nSPS) is 22.0. The van der Waals surface area contributed by atoms with Crippen LogP contribution < -0.4 is 5.32 Å². The van der Waals surface area contributed by atoms with E-state index in [1.807, 2.05) is 37.3 Å². The molecule has 0 saturated carbocycles. The molecule has 0 radical (unpaired) electrons. The Labute approximate surface area is 137 Å². The van der Waals surface area contributed by atoms with Crippen molar-refractivity contribution in [2.45, 2.75) is 36.8 Å². The fourth-order valence-electron chi connectivity index (χ4n) is 2.88. The first-order valence-electron chi connectivity index (χ1n) is 7.84. The SMILES string of the molecule is Cc1ccc(S(=O)(=O)OC2CCCNC2c2ccccc2)cc1. The first-order valence-corrected chi connectivity index (χ1v) is 9.25. The van der Waals surface area contributed by atoms with E-state index >= 15 is 0 Å². The molecule has 3 rings (SSSR count). The molecular formula is C18H21NO3S. The van der Waals surface area contributed by atoms with Gasteiger partial charge in [0.15, 0.2) is 0 Å². The summed E-state index contributed by atoms with van der Waals surface area (Å²) in [5.74, 6) is 0. The summed E-state index contributed by atoms with van der Waals surface area (Å²) < 4.78 is 30.7. The summed E-state index contributed by atoms with van der Waals surface area (Å²) in [6.07, 6.45) is 1.23. The molecule has 2 aromatic rings. The van der Waals surface area contributed by atoms with Gasteiger partial charge in [0.1, 0.15) is 0 Å². The van der Waals surface area contributed by atoms with Gasteiger partial charge in [-0.2, -0.15) is 8.42 Å². The van der Waals surface area contributed by atoms with Crippen LogP contribution in [0.25, 0.3) is 0 Å². The lowest BCUT2D eigenvalue weighted by molar-refractivity contribution is 0.127. The Morgan fingerprint density at radius 1 is 1.04 bits per heavy atom. The number of benzene rings is 2. The number of rotatable bonds is 4. The zero-order chi connectivity index (χ0) is 16.3. The van der Waals surface area contributed by atoms with Crippen molar-refractivity contribution in [3.63, 3.8) is 0 Å². The van der Waals surface area contributed by atoms with Gasteiger partial charge in [-0.05, 0) is 44.0 Å². The van der Waals surface area contributed by atoms with E-state index in [4.69, 9.17) is 4.18 Å².